The first-order valence-electron chi connectivity index (χ1n) is 6.92. The van der Waals surface area contributed by atoms with Gasteiger partial charge in [0, 0.05) is 12.5 Å². The zero-order valence-electron chi connectivity index (χ0n) is 12.2. The third-order valence-electron chi connectivity index (χ3n) is 3.18. The maximum atomic E-state index is 11.7. The van der Waals surface area contributed by atoms with E-state index >= 15 is 0 Å². The second-order valence-electron chi connectivity index (χ2n) is 5.04. The third-order valence-corrected chi connectivity index (χ3v) is 3.18. The zero-order chi connectivity index (χ0) is 14.7. The summed E-state index contributed by atoms with van der Waals surface area (Å²) in [5.74, 6) is 0.441. The van der Waals surface area contributed by atoms with Crippen molar-refractivity contribution in [3.8, 4) is 0 Å². The van der Waals surface area contributed by atoms with E-state index in [0.29, 0.717) is 13.0 Å². The van der Waals surface area contributed by atoms with Crippen molar-refractivity contribution in [3.05, 3.63) is 30.1 Å². The number of hydrogen-bond donors (Lipinski definition) is 1. The Kier molecular flexibility index (Phi) is 4.39. The first-order valence-corrected chi connectivity index (χ1v) is 6.92. The molecule has 1 heterocycles. The number of fused-ring (bicyclic) bond motifs is 1. The maximum absolute atomic E-state index is 11.7. The van der Waals surface area contributed by atoms with Crippen LogP contribution in [0.2, 0.25) is 0 Å². The largest absolute Gasteiger partial charge is 0.465 e. The van der Waals surface area contributed by atoms with Crippen LogP contribution in [0.5, 0.6) is 0 Å². The topological polar surface area (TPSA) is 70.1 Å². The van der Waals surface area contributed by atoms with Crippen LogP contribution >= 0.6 is 0 Å². The highest BCUT2D eigenvalue weighted by Crippen LogP contribution is 2.21. The minimum atomic E-state index is -0.677. The molecule has 0 saturated carbocycles. The van der Waals surface area contributed by atoms with E-state index in [-0.39, 0.29) is 12.0 Å². The predicted octanol–water partition coefficient (Wildman–Crippen LogP) is 2.05. The van der Waals surface area contributed by atoms with Crippen molar-refractivity contribution >= 4 is 17.0 Å². The van der Waals surface area contributed by atoms with Crippen LogP contribution in [0.4, 0.5) is 0 Å². The van der Waals surface area contributed by atoms with Crippen molar-refractivity contribution in [3.63, 3.8) is 0 Å². The molecule has 0 fully saturated rings. The van der Waals surface area contributed by atoms with Gasteiger partial charge in [-0.3, -0.25) is 4.79 Å². The van der Waals surface area contributed by atoms with E-state index in [1.54, 1.807) is 6.92 Å². The SMILES string of the molecule is CCOC(=O)C(N)Cc1nc2ccccc2n1C(C)C. The molecule has 2 aromatic rings. The van der Waals surface area contributed by atoms with Crippen LogP contribution in [0, 0.1) is 0 Å². The summed E-state index contributed by atoms with van der Waals surface area (Å²) in [5.41, 5.74) is 7.89. The number of carbonyl (C=O) groups excluding carboxylic acids is 1. The van der Waals surface area contributed by atoms with Crippen molar-refractivity contribution in [2.24, 2.45) is 5.73 Å². The number of esters is 1. The second-order valence-corrected chi connectivity index (χ2v) is 5.04. The fourth-order valence-electron chi connectivity index (χ4n) is 2.34. The molecule has 5 heteroatoms. The monoisotopic (exact) mass is 275 g/mol. The first-order chi connectivity index (χ1) is 9.54. The number of ether oxygens (including phenoxy) is 1. The molecule has 0 aliphatic rings. The van der Waals surface area contributed by atoms with Crippen molar-refractivity contribution in [2.45, 2.75) is 39.3 Å². The highest BCUT2D eigenvalue weighted by Gasteiger charge is 2.20. The summed E-state index contributed by atoms with van der Waals surface area (Å²) in [4.78, 5) is 16.3. The molecule has 5 nitrogen and oxygen atoms in total. The average molecular weight is 275 g/mol. The Morgan fingerprint density at radius 3 is 2.75 bits per heavy atom. The molecule has 0 aliphatic carbocycles. The molecule has 0 spiro atoms. The fourth-order valence-corrected chi connectivity index (χ4v) is 2.34. The molecule has 0 aliphatic heterocycles. The Bertz CT molecular complexity index is 604. The van der Waals surface area contributed by atoms with Gasteiger partial charge in [0.1, 0.15) is 11.9 Å². The molecule has 2 N–H and O–H groups in total. The standard InChI is InChI=1S/C15H21N3O2/c1-4-20-15(19)11(16)9-14-17-12-7-5-6-8-13(12)18(14)10(2)3/h5-8,10-11H,4,9,16H2,1-3H3. The molecule has 108 valence electrons. The van der Waals surface area contributed by atoms with Gasteiger partial charge in [0.25, 0.3) is 0 Å². The summed E-state index contributed by atoms with van der Waals surface area (Å²) in [6, 6.07) is 7.51. The fraction of sp³-hybridized carbons (Fsp3) is 0.467. The van der Waals surface area contributed by atoms with Gasteiger partial charge in [-0.05, 0) is 32.9 Å². The second kappa shape index (κ2) is 6.05. The van der Waals surface area contributed by atoms with Gasteiger partial charge in [0.15, 0.2) is 0 Å². The summed E-state index contributed by atoms with van der Waals surface area (Å²) in [6.45, 7) is 6.29. The first kappa shape index (κ1) is 14.5. The number of aromatic nitrogens is 2. The van der Waals surface area contributed by atoms with E-state index in [9.17, 15) is 4.79 Å². The van der Waals surface area contributed by atoms with Gasteiger partial charge in [-0.25, -0.2) is 4.98 Å². The Morgan fingerprint density at radius 1 is 1.40 bits per heavy atom. The highest BCUT2D eigenvalue weighted by molar-refractivity contribution is 5.78. The number of carbonyl (C=O) groups is 1. The Morgan fingerprint density at radius 2 is 2.10 bits per heavy atom. The molecule has 2 rings (SSSR count). The maximum Gasteiger partial charge on any atom is 0.323 e. The summed E-state index contributed by atoms with van der Waals surface area (Å²) < 4.78 is 7.07. The predicted molar refractivity (Wildman–Crippen MR) is 78.4 cm³/mol. The molecule has 1 aromatic carbocycles. The molecule has 1 unspecified atom stereocenters. The van der Waals surface area contributed by atoms with Crippen LogP contribution in [0.25, 0.3) is 11.0 Å². The lowest BCUT2D eigenvalue weighted by Gasteiger charge is -2.15. The normalized spacial score (nSPS) is 12.8. The lowest BCUT2D eigenvalue weighted by molar-refractivity contribution is -0.144. The average Bonchev–Trinajstić information content (AvgIpc) is 2.76. The summed E-state index contributed by atoms with van der Waals surface area (Å²) in [7, 11) is 0. The van der Waals surface area contributed by atoms with Gasteiger partial charge in [-0.15, -0.1) is 0 Å². The Labute approximate surface area is 118 Å². The molecule has 1 atom stereocenters. The summed E-state index contributed by atoms with van der Waals surface area (Å²) in [5, 5.41) is 0. The van der Waals surface area contributed by atoms with Crippen LogP contribution in [0.3, 0.4) is 0 Å². The molecular formula is C15H21N3O2. The van der Waals surface area contributed by atoms with Crippen molar-refractivity contribution in [1.29, 1.82) is 0 Å². The minimum Gasteiger partial charge on any atom is -0.465 e. The third kappa shape index (κ3) is 2.82. The van der Waals surface area contributed by atoms with Crippen LogP contribution in [0.15, 0.2) is 24.3 Å². The van der Waals surface area contributed by atoms with E-state index in [4.69, 9.17) is 10.5 Å². The number of hydrogen-bond acceptors (Lipinski definition) is 4. The molecule has 1 aromatic heterocycles. The van der Waals surface area contributed by atoms with E-state index in [1.807, 2.05) is 24.3 Å². The van der Waals surface area contributed by atoms with E-state index < -0.39 is 6.04 Å². The van der Waals surface area contributed by atoms with E-state index in [1.165, 1.54) is 0 Å². The number of nitrogens with zero attached hydrogens (tertiary/aromatic N) is 2. The molecule has 0 saturated heterocycles. The molecule has 0 amide bonds. The molecule has 0 radical (unpaired) electrons. The number of para-hydroxylation sites is 2. The van der Waals surface area contributed by atoms with Crippen molar-refractivity contribution < 1.29 is 9.53 Å². The molecule has 0 bridgehead atoms. The number of benzene rings is 1. The van der Waals surface area contributed by atoms with Gasteiger partial charge in [-0.1, -0.05) is 12.1 Å². The Balaban J connectivity index is 2.34. The van der Waals surface area contributed by atoms with E-state index in [2.05, 4.69) is 23.4 Å². The van der Waals surface area contributed by atoms with Gasteiger partial charge >= 0.3 is 5.97 Å². The summed E-state index contributed by atoms with van der Waals surface area (Å²) >= 11 is 0. The highest BCUT2D eigenvalue weighted by atomic mass is 16.5. The van der Waals surface area contributed by atoms with Gasteiger partial charge < -0.3 is 15.0 Å². The number of nitrogens with two attached hydrogens (primary N) is 1. The van der Waals surface area contributed by atoms with Crippen LogP contribution in [0.1, 0.15) is 32.6 Å². The summed E-state index contributed by atoms with van der Waals surface area (Å²) in [6.07, 6.45) is 0.381. The van der Waals surface area contributed by atoms with Crippen molar-refractivity contribution in [1.82, 2.24) is 9.55 Å². The number of rotatable bonds is 5. The lowest BCUT2D eigenvalue weighted by atomic mass is 10.2. The van der Waals surface area contributed by atoms with E-state index in [0.717, 1.165) is 16.9 Å². The van der Waals surface area contributed by atoms with Crippen LogP contribution in [-0.4, -0.2) is 28.2 Å². The molecular weight excluding hydrogens is 254 g/mol. The Hall–Kier alpha value is -1.88. The van der Waals surface area contributed by atoms with Crippen LogP contribution in [-0.2, 0) is 16.0 Å². The smallest absolute Gasteiger partial charge is 0.323 e. The van der Waals surface area contributed by atoms with Gasteiger partial charge in [-0.2, -0.15) is 0 Å². The van der Waals surface area contributed by atoms with Crippen LogP contribution < -0.4 is 5.73 Å². The zero-order valence-corrected chi connectivity index (χ0v) is 12.2. The molecule has 20 heavy (non-hydrogen) atoms. The van der Waals surface area contributed by atoms with Crippen molar-refractivity contribution in [2.75, 3.05) is 6.61 Å². The minimum absolute atomic E-state index is 0.256. The van der Waals surface area contributed by atoms with Gasteiger partial charge in [0.05, 0.1) is 17.6 Å². The van der Waals surface area contributed by atoms with Gasteiger partial charge in [0.2, 0.25) is 0 Å². The lowest BCUT2D eigenvalue weighted by Crippen LogP contribution is -2.35. The number of imidazole rings is 1. The quantitative estimate of drug-likeness (QED) is 0.848.